The lowest BCUT2D eigenvalue weighted by Crippen LogP contribution is -2.48. The minimum absolute atomic E-state index is 0.153. The van der Waals surface area contributed by atoms with Gasteiger partial charge < -0.3 is 14.7 Å². The number of likely N-dealkylation sites (tertiary alicyclic amines) is 1. The van der Waals surface area contributed by atoms with E-state index in [4.69, 9.17) is 0 Å². The van der Waals surface area contributed by atoms with Gasteiger partial charge in [-0.3, -0.25) is 9.59 Å². The number of nitrogens with zero attached hydrogens (tertiary/aromatic N) is 3. The summed E-state index contributed by atoms with van der Waals surface area (Å²) in [7, 11) is 2.13. The third kappa shape index (κ3) is 3.55. The predicted octanol–water partition coefficient (Wildman–Crippen LogP) is 3.00. The second kappa shape index (κ2) is 7.99. The van der Waals surface area contributed by atoms with Crippen LogP contribution in [0.2, 0.25) is 0 Å². The Morgan fingerprint density at radius 3 is 2.33 bits per heavy atom. The van der Waals surface area contributed by atoms with Gasteiger partial charge in [0.15, 0.2) is 0 Å². The number of piperidine rings is 1. The van der Waals surface area contributed by atoms with Crippen LogP contribution < -0.4 is 0 Å². The average Bonchev–Trinajstić information content (AvgIpc) is 3.01. The third-order valence-corrected chi connectivity index (χ3v) is 8.37. The Kier molecular flexibility index (Phi) is 5.34. The molecule has 1 aromatic carbocycles. The first-order valence-electron chi connectivity index (χ1n) is 11.9. The van der Waals surface area contributed by atoms with Gasteiger partial charge in [0, 0.05) is 51.6 Å². The van der Waals surface area contributed by atoms with Crippen LogP contribution in [0.3, 0.4) is 0 Å². The molecular formula is C25H35N3O2. The van der Waals surface area contributed by atoms with Crippen LogP contribution in [0.4, 0.5) is 0 Å². The van der Waals surface area contributed by atoms with Gasteiger partial charge in [-0.1, -0.05) is 30.7 Å². The van der Waals surface area contributed by atoms with E-state index in [1.54, 1.807) is 0 Å². The van der Waals surface area contributed by atoms with E-state index in [0.29, 0.717) is 30.1 Å². The molecule has 0 radical (unpaired) electrons. The number of benzene rings is 1. The van der Waals surface area contributed by atoms with Gasteiger partial charge in [-0.05, 0) is 61.6 Å². The minimum Gasteiger partial charge on any atom is -0.342 e. The Labute approximate surface area is 180 Å². The summed E-state index contributed by atoms with van der Waals surface area (Å²) in [6, 6.07) is 8.81. The lowest BCUT2D eigenvalue weighted by Gasteiger charge is -2.42. The van der Waals surface area contributed by atoms with Crippen LogP contribution in [0, 0.1) is 5.92 Å². The second-order valence-electron chi connectivity index (χ2n) is 10.1. The van der Waals surface area contributed by atoms with Gasteiger partial charge in [-0.2, -0.15) is 0 Å². The van der Waals surface area contributed by atoms with Crippen molar-refractivity contribution in [2.24, 2.45) is 5.92 Å². The van der Waals surface area contributed by atoms with Gasteiger partial charge in [0.25, 0.3) is 0 Å². The number of carbonyl (C=O) groups excluding carboxylic acids is 2. The smallest absolute Gasteiger partial charge is 0.225 e. The molecule has 30 heavy (non-hydrogen) atoms. The highest BCUT2D eigenvalue weighted by molar-refractivity contribution is 5.80. The maximum Gasteiger partial charge on any atom is 0.225 e. The fourth-order valence-corrected chi connectivity index (χ4v) is 6.15. The maximum atomic E-state index is 13.1. The summed E-state index contributed by atoms with van der Waals surface area (Å²) in [6.07, 6.45) is 7.16. The van der Waals surface area contributed by atoms with Crippen LogP contribution in [0.1, 0.15) is 62.0 Å². The van der Waals surface area contributed by atoms with Crippen LogP contribution in [0.5, 0.6) is 0 Å². The van der Waals surface area contributed by atoms with E-state index in [1.165, 1.54) is 17.5 Å². The van der Waals surface area contributed by atoms with Crippen molar-refractivity contribution in [2.45, 2.75) is 56.3 Å². The summed E-state index contributed by atoms with van der Waals surface area (Å²) < 4.78 is 0. The molecule has 1 spiro atoms. The molecule has 5 heteroatoms. The quantitative estimate of drug-likeness (QED) is 0.771. The van der Waals surface area contributed by atoms with Gasteiger partial charge in [-0.15, -0.1) is 0 Å². The van der Waals surface area contributed by atoms with Crippen LogP contribution in [-0.2, 0) is 15.0 Å². The van der Waals surface area contributed by atoms with Crippen LogP contribution in [0.15, 0.2) is 24.3 Å². The topological polar surface area (TPSA) is 43.9 Å². The van der Waals surface area contributed by atoms with E-state index in [2.05, 4.69) is 46.0 Å². The average molecular weight is 410 g/mol. The number of piperazine rings is 1. The number of hydrogen-bond acceptors (Lipinski definition) is 3. The largest absolute Gasteiger partial charge is 0.342 e. The number of carbonyl (C=O) groups is 2. The summed E-state index contributed by atoms with van der Waals surface area (Å²) in [5.74, 6) is 1.33. The predicted molar refractivity (Wildman–Crippen MR) is 117 cm³/mol. The molecule has 1 saturated carbocycles. The first-order valence-corrected chi connectivity index (χ1v) is 11.9. The number of rotatable bonds is 3. The van der Waals surface area contributed by atoms with E-state index in [-0.39, 0.29) is 5.41 Å². The van der Waals surface area contributed by atoms with Gasteiger partial charge in [0.05, 0.1) is 0 Å². The van der Waals surface area contributed by atoms with Crippen molar-refractivity contribution < 1.29 is 9.59 Å². The first kappa shape index (κ1) is 20.0. The maximum absolute atomic E-state index is 13.1. The zero-order valence-corrected chi connectivity index (χ0v) is 18.3. The molecule has 1 aromatic rings. The van der Waals surface area contributed by atoms with Crippen LogP contribution >= 0.6 is 0 Å². The van der Waals surface area contributed by atoms with Crippen molar-refractivity contribution in [2.75, 3.05) is 46.3 Å². The van der Waals surface area contributed by atoms with Gasteiger partial charge in [0.1, 0.15) is 0 Å². The standard InChI is InChI=1S/C25H35N3O2/c1-26-13-15-27(16-14-26)23(29)17-20-18-25(22-8-3-2-7-21(20)22)9-11-28(12-10-25)24(30)19-5-4-6-19/h2-3,7-8,19-20H,4-6,9-18H2,1H3/t20-/m1/s1. The molecule has 5 rings (SSSR count). The summed E-state index contributed by atoms with van der Waals surface area (Å²) in [6.45, 7) is 5.41. The van der Waals surface area contributed by atoms with E-state index in [0.717, 1.165) is 71.4 Å². The number of amides is 2. The summed E-state index contributed by atoms with van der Waals surface area (Å²) in [5, 5.41) is 0. The SMILES string of the molecule is CN1CCN(C(=O)C[C@@H]2CC3(CCN(C(=O)C4CCC4)CC3)c3ccccc32)CC1. The third-order valence-electron chi connectivity index (χ3n) is 8.37. The molecule has 0 bridgehead atoms. The molecule has 0 unspecified atom stereocenters. The van der Waals surface area contributed by atoms with Crippen molar-refractivity contribution >= 4 is 11.8 Å². The monoisotopic (exact) mass is 409 g/mol. The summed E-state index contributed by atoms with van der Waals surface area (Å²) >= 11 is 0. The molecular weight excluding hydrogens is 374 g/mol. The lowest BCUT2D eigenvalue weighted by molar-refractivity contribution is -0.139. The Balaban J connectivity index is 1.27. The Hall–Kier alpha value is -1.88. The first-order chi connectivity index (χ1) is 14.6. The normalized spacial score (nSPS) is 26.5. The van der Waals surface area contributed by atoms with E-state index in [1.807, 2.05) is 0 Å². The van der Waals surface area contributed by atoms with Crippen molar-refractivity contribution in [3.63, 3.8) is 0 Å². The number of fused-ring (bicyclic) bond motifs is 2. The highest BCUT2D eigenvalue weighted by Crippen LogP contribution is 2.53. The Morgan fingerprint density at radius 2 is 1.67 bits per heavy atom. The molecule has 2 aliphatic carbocycles. The fraction of sp³-hybridized carbons (Fsp3) is 0.680. The van der Waals surface area contributed by atoms with Crippen molar-refractivity contribution in [1.29, 1.82) is 0 Å². The molecule has 5 nitrogen and oxygen atoms in total. The molecule has 2 aliphatic heterocycles. The van der Waals surface area contributed by atoms with E-state index >= 15 is 0 Å². The molecule has 0 aromatic heterocycles. The van der Waals surface area contributed by atoms with E-state index in [9.17, 15) is 9.59 Å². The molecule has 2 heterocycles. The fourth-order valence-electron chi connectivity index (χ4n) is 6.15. The van der Waals surface area contributed by atoms with Crippen LogP contribution in [0.25, 0.3) is 0 Å². The van der Waals surface area contributed by atoms with Crippen LogP contribution in [-0.4, -0.2) is 72.8 Å². The zero-order valence-electron chi connectivity index (χ0n) is 18.3. The molecule has 1 atom stereocenters. The highest BCUT2D eigenvalue weighted by Gasteiger charge is 2.47. The molecule has 4 aliphatic rings. The highest BCUT2D eigenvalue weighted by atomic mass is 16.2. The molecule has 0 N–H and O–H groups in total. The summed E-state index contributed by atoms with van der Waals surface area (Å²) in [5.41, 5.74) is 3.00. The van der Waals surface area contributed by atoms with E-state index < -0.39 is 0 Å². The molecule has 3 fully saturated rings. The van der Waals surface area contributed by atoms with Gasteiger partial charge in [0.2, 0.25) is 11.8 Å². The minimum atomic E-state index is 0.153. The molecule has 162 valence electrons. The van der Waals surface area contributed by atoms with Crippen molar-refractivity contribution in [3.8, 4) is 0 Å². The number of hydrogen-bond donors (Lipinski definition) is 0. The van der Waals surface area contributed by atoms with Crippen molar-refractivity contribution in [3.05, 3.63) is 35.4 Å². The Morgan fingerprint density at radius 1 is 0.967 bits per heavy atom. The Bertz CT molecular complexity index is 802. The second-order valence-corrected chi connectivity index (χ2v) is 10.1. The van der Waals surface area contributed by atoms with Gasteiger partial charge >= 0.3 is 0 Å². The lowest BCUT2D eigenvalue weighted by atomic mass is 9.72. The summed E-state index contributed by atoms with van der Waals surface area (Å²) in [4.78, 5) is 32.2. The number of likely N-dealkylation sites (N-methyl/N-ethyl adjacent to an activating group) is 1. The molecule has 2 saturated heterocycles. The van der Waals surface area contributed by atoms with Crippen molar-refractivity contribution in [1.82, 2.24) is 14.7 Å². The zero-order chi connectivity index (χ0) is 20.7. The molecule has 2 amide bonds. The van der Waals surface area contributed by atoms with Gasteiger partial charge in [-0.25, -0.2) is 0 Å².